The lowest BCUT2D eigenvalue weighted by Crippen LogP contribution is -2.45. The number of carbonyl (C=O) groups excluding carboxylic acids is 1. The van der Waals surface area contributed by atoms with Gasteiger partial charge in [-0.2, -0.15) is 0 Å². The van der Waals surface area contributed by atoms with E-state index in [1.54, 1.807) is 30.2 Å². The highest BCUT2D eigenvalue weighted by atomic mass is 16.5. The van der Waals surface area contributed by atoms with Gasteiger partial charge >= 0.3 is 5.97 Å². The lowest BCUT2D eigenvalue weighted by atomic mass is 9.90. The molecule has 1 aromatic carbocycles. The fourth-order valence-corrected chi connectivity index (χ4v) is 2.84. The number of piperidine rings is 1. The number of carbonyl (C=O) groups is 2. The van der Waals surface area contributed by atoms with E-state index in [0.717, 1.165) is 0 Å². The van der Waals surface area contributed by atoms with Gasteiger partial charge in [-0.25, -0.2) is 0 Å². The summed E-state index contributed by atoms with van der Waals surface area (Å²) >= 11 is 0. The molecule has 1 amide bonds. The minimum absolute atomic E-state index is 0.156. The van der Waals surface area contributed by atoms with Crippen molar-refractivity contribution in [1.82, 2.24) is 4.90 Å². The molecule has 6 heteroatoms. The summed E-state index contributed by atoms with van der Waals surface area (Å²) in [6.45, 7) is 2.74. The summed E-state index contributed by atoms with van der Waals surface area (Å²) in [5, 5.41) is 9.22. The maximum atomic E-state index is 12.7. The summed E-state index contributed by atoms with van der Waals surface area (Å²) in [4.78, 5) is 25.5. The van der Waals surface area contributed by atoms with E-state index in [1.807, 2.05) is 6.92 Å². The van der Waals surface area contributed by atoms with Gasteiger partial charge in [-0.15, -0.1) is 0 Å². The molecule has 22 heavy (non-hydrogen) atoms. The van der Waals surface area contributed by atoms with Crippen molar-refractivity contribution < 1.29 is 24.2 Å². The van der Waals surface area contributed by atoms with Gasteiger partial charge in [0.1, 0.15) is 11.5 Å². The van der Waals surface area contributed by atoms with Gasteiger partial charge in [-0.05, 0) is 24.5 Å². The van der Waals surface area contributed by atoms with Crippen molar-refractivity contribution >= 4 is 11.9 Å². The standard InChI is InChI=1S/C16H21NO5/c1-10-6-11(16(19)20)9-17(8-10)15(18)13-5-4-12(21-2)7-14(13)22-3/h4-5,7,10-11H,6,8-9H2,1-3H3,(H,19,20). The molecule has 1 fully saturated rings. The molecule has 1 N–H and O–H groups in total. The molecule has 2 rings (SSSR count). The number of hydrogen-bond donors (Lipinski definition) is 1. The zero-order valence-corrected chi connectivity index (χ0v) is 13.0. The molecule has 0 bridgehead atoms. The predicted molar refractivity (Wildman–Crippen MR) is 80.4 cm³/mol. The summed E-state index contributed by atoms with van der Waals surface area (Å²) < 4.78 is 10.4. The number of rotatable bonds is 4. The average molecular weight is 307 g/mol. The normalized spacial score (nSPS) is 21.3. The van der Waals surface area contributed by atoms with E-state index >= 15 is 0 Å². The highest BCUT2D eigenvalue weighted by Crippen LogP contribution is 2.28. The smallest absolute Gasteiger partial charge is 0.308 e. The number of benzene rings is 1. The molecule has 1 aliphatic heterocycles. The van der Waals surface area contributed by atoms with Crippen molar-refractivity contribution in [3.8, 4) is 11.5 Å². The van der Waals surface area contributed by atoms with Crippen LogP contribution in [0.25, 0.3) is 0 Å². The molecule has 120 valence electrons. The molecule has 0 radical (unpaired) electrons. The van der Waals surface area contributed by atoms with Gasteiger partial charge in [0.05, 0.1) is 25.7 Å². The maximum absolute atomic E-state index is 12.7. The molecular formula is C16H21NO5. The quantitative estimate of drug-likeness (QED) is 0.919. The van der Waals surface area contributed by atoms with Crippen molar-refractivity contribution in [1.29, 1.82) is 0 Å². The van der Waals surface area contributed by atoms with Gasteiger partial charge in [0.15, 0.2) is 0 Å². The molecule has 1 aliphatic rings. The Labute approximate surface area is 129 Å². The number of hydrogen-bond acceptors (Lipinski definition) is 4. The summed E-state index contributed by atoms with van der Waals surface area (Å²) in [6.07, 6.45) is 0.596. The first kappa shape index (κ1) is 16.1. The van der Waals surface area contributed by atoms with E-state index in [2.05, 4.69) is 0 Å². The van der Waals surface area contributed by atoms with Crippen LogP contribution in [0, 0.1) is 11.8 Å². The van der Waals surface area contributed by atoms with Gasteiger partial charge < -0.3 is 19.5 Å². The highest BCUT2D eigenvalue weighted by Gasteiger charge is 2.33. The molecule has 0 aromatic heterocycles. The fourth-order valence-electron chi connectivity index (χ4n) is 2.84. The number of nitrogens with zero attached hydrogens (tertiary/aromatic N) is 1. The summed E-state index contributed by atoms with van der Waals surface area (Å²) in [7, 11) is 3.03. The second-order valence-electron chi connectivity index (χ2n) is 5.65. The third kappa shape index (κ3) is 3.32. The van der Waals surface area contributed by atoms with Crippen LogP contribution in [0.2, 0.25) is 0 Å². The van der Waals surface area contributed by atoms with E-state index in [0.29, 0.717) is 30.0 Å². The van der Waals surface area contributed by atoms with Crippen molar-refractivity contribution in [3.63, 3.8) is 0 Å². The van der Waals surface area contributed by atoms with E-state index < -0.39 is 11.9 Å². The molecule has 0 aliphatic carbocycles. The number of carboxylic acids is 1. The van der Waals surface area contributed by atoms with Crippen LogP contribution < -0.4 is 9.47 Å². The van der Waals surface area contributed by atoms with Crippen LogP contribution in [-0.2, 0) is 4.79 Å². The van der Waals surface area contributed by atoms with Crippen molar-refractivity contribution in [2.75, 3.05) is 27.3 Å². The lowest BCUT2D eigenvalue weighted by molar-refractivity contribution is -0.143. The topological polar surface area (TPSA) is 76.1 Å². The molecule has 1 aromatic rings. The third-order valence-corrected chi connectivity index (χ3v) is 3.94. The van der Waals surface area contributed by atoms with Crippen LogP contribution in [0.5, 0.6) is 11.5 Å². The van der Waals surface area contributed by atoms with Gasteiger partial charge in [0, 0.05) is 19.2 Å². The van der Waals surface area contributed by atoms with E-state index in [1.165, 1.54) is 7.11 Å². The first-order valence-corrected chi connectivity index (χ1v) is 7.20. The first-order valence-electron chi connectivity index (χ1n) is 7.20. The average Bonchev–Trinajstić information content (AvgIpc) is 2.52. The molecule has 6 nitrogen and oxygen atoms in total. The van der Waals surface area contributed by atoms with Gasteiger partial charge in [0.2, 0.25) is 0 Å². The molecule has 1 saturated heterocycles. The Morgan fingerprint density at radius 3 is 2.55 bits per heavy atom. The van der Waals surface area contributed by atoms with Crippen LogP contribution in [0.1, 0.15) is 23.7 Å². The molecular weight excluding hydrogens is 286 g/mol. The summed E-state index contributed by atoms with van der Waals surface area (Å²) in [5.41, 5.74) is 0.418. The van der Waals surface area contributed by atoms with E-state index in [-0.39, 0.29) is 18.4 Å². The second kappa shape index (κ2) is 6.68. The Morgan fingerprint density at radius 1 is 1.23 bits per heavy atom. The number of likely N-dealkylation sites (tertiary alicyclic amines) is 1. The number of methoxy groups -OCH3 is 2. The minimum Gasteiger partial charge on any atom is -0.497 e. The fraction of sp³-hybridized carbons (Fsp3) is 0.500. The second-order valence-corrected chi connectivity index (χ2v) is 5.65. The molecule has 0 saturated carbocycles. The Kier molecular flexibility index (Phi) is 4.90. The number of aliphatic carboxylic acids is 1. The SMILES string of the molecule is COc1ccc(C(=O)N2CC(C)CC(C(=O)O)C2)c(OC)c1. The number of amides is 1. The third-order valence-electron chi connectivity index (χ3n) is 3.94. The molecule has 0 spiro atoms. The number of carboxylic acid groups (broad SMARTS) is 1. The largest absolute Gasteiger partial charge is 0.497 e. The Bertz CT molecular complexity index is 572. The van der Waals surface area contributed by atoms with Crippen LogP contribution in [-0.4, -0.2) is 49.2 Å². The predicted octanol–water partition coefficient (Wildman–Crippen LogP) is 1.89. The van der Waals surface area contributed by atoms with E-state index in [4.69, 9.17) is 9.47 Å². The zero-order chi connectivity index (χ0) is 16.3. The molecule has 2 unspecified atom stereocenters. The molecule has 1 heterocycles. The Hall–Kier alpha value is -2.24. The maximum Gasteiger partial charge on any atom is 0.308 e. The summed E-state index contributed by atoms with van der Waals surface area (Å²) in [5.74, 6) is -0.401. The van der Waals surface area contributed by atoms with Crippen LogP contribution in [0.4, 0.5) is 0 Å². The first-order chi connectivity index (χ1) is 10.5. The molecule has 2 atom stereocenters. The number of ether oxygens (including phenoxy) is 2. The monoisotopic (exact) mass is 307 g/mol. The van der Waals surface area contributed by atoms with Crippen LogP contribution in [0.3, 0.4) is 0 Å². The minimum atomic E-state index is -0.856. The van der Waals surface area contributed by atoms with Gasteiger partial charge in [-0.3, -0.25) is 9.59 Å². The van der Waals surface area contributed by atoms with Crippen LogP contribution in [0.15, 0.2) is 18.2 Å². The van der Waals surface area contributed by atoms with Gasteiger partial charge in [-0.1, -0.05) is 6.92 Å². The van der Waals surface area contributed by atoms with Crippen molar-refractivity contribution in [2.24, 2.45) is 11.8 Å². The Balaban J connectivity index is 2.25. The Morgan fingerprint density at radius 2 is 1.95 bits per heavy atom. The zero-order valence-electron chi connectivity index (χ0n) is 13.0. The van der Waals surface area contributed by atoms with Gasteiger partial charge in [0.25, 0.3) is 5.91 Å². The van der Waals surface area contributed by atoms with Crippen molar-refractivity contribution in [2.45, 2.75) is 13.3 Å². The lowest BCUT2D eigenvalue weighted by Gasteiger charge is -2.35. The van der Waals surface area contributed by atoms with Crippen LogP contribution >= 0.6 is 0 Å². The highest BCUT2D eigenvalue weighted by molar-refractivity contribution is 5.97. The van der Waals surface area contributed by atoms with Crippen molar-refractivity contribution in [3.05, 3.63) is 23.8 Å². The summed E-state index contributed by atoms with van der Waals surface area (Å²) in [6, 6.07) is 4.99. The van der Waals surface area contributed by atoms with E-state index in [9.17, 15) is 14.7 Å².